The summed E-state index contributed by atoms with van der Waals surface area (Å²) < 4.78 is 13.2. The Bertz CT molecular complexity index is 483. The minimum atomic E-state index is -1.31. The smallest absolute Gasteiger partial charge is 0.353 e. The van der Waals surface area contributed by atoms with Gasteiger partial charge in [0.1, 0.15) is 11.5 Å². The fraction of sp³-hybridized carbons (Fsp3) is 0. The molecule has 6 N–H and O–H groups in total. The molecule has 0 radical (unpaired) electrons. The summed E-state index contributed by atoms with van der Waals surface area (Å²) in [5, 5.41) is 8.65. The van der Waals surface area contributed by atoms with Gasteiger partial charge in [0, 0.05) is 5.56 Å². The van der Waals surface area contributed by atoms with Gasteiger partial charge in [-0.2, -0.15) is 0 Å². The number of nitrogens with two attached hydrogens (primary N) is 2. The lowest BCUT2D eigenvalue weighted by Crippen LogP contribution is -2.26. The summed E-state index contributed by atoms with van der Waals surface area (Å²) in [7, 11) is 0. The Morgan fingerprint density at radius 1 is 1.41 bits per heavy atom. The molecule has 0 aliphatic heterocycles. The highest BCUT2D eigenvalue weighted by molar-refractivity contribution is 5.87. The maximum Gasteiger partial charge on any atom is 0.353 e. The van der Waals surface area contributed by atoms with Gasteiger partial charge in [-0.25, -0.2) is 9.18 Å². The van der Waals surface area contributed by atoms with Gasteiger partial charge < -0.3 is 16.3 Å². The van der Waals surface area contributed by atoms with Crippen molar-refractivity contribution in [2.75, 3.05) is 0 Å². The second-order valence-electron chi connectivity index (χ2n) is 3.13. The van der Waals surface area contributed by atoms with Crippen LogP contribution in [0.15, 0.2) is 41.7 Å². The Hall–Kier alpha value is -2.34. The molecule has 6 heteroatoms. The molecule has 90 valence electrons. The third kappa shape index (κ3) is 3.32. The van der Waals surface area contributed by atoms with Gasteiger partial charge in [0.2, 0.25) is 0 Å². The van der Waals surface area contributed by atoms with Crippen LogP contribution in [-0.2, 0) is 4.79 Å². The fourth-order valence-electron chi connectivity index (χ4n) is 1.11. The number of hydrogen-bond donors (Lipinski definition) is 4. The average molecular weight is 237 g/mol. The van der Waals surface area contributed by atoms with Crippen LogP contribution in [0.4, 0.5) is 4.39 Å². The molecule has 17 heavy (non-hydrogen) atoms. The molecule has 0 aliphatic carbocycles. The quantitative estimate of drug-likeness (QED) is 0.265. The molecule has 1 aromatic carbocycles. The molecule has 5 nitrogen and oxygen atoms in total. The molecule has 0 saturated carbocycles. The molecule has 0 bridgehead atoms. The van der Waals surface area contributed by atoms with E-state index >= 15 is 0 Å². The number of carboxylic acids is 1. The topological polar surface area (TPSA) is 101 Å². The van der Waals surface area contributed by atoms with E-state index in [1.807, 2.05) is 0 Å². The Morgan fingerprint density at radius 2 is 2.06 bits per heavy atom. The van der Waals surface area contributed by atoms with Crippen LogP contribution < -0.4 is 17.0 Å². The minimum Gasteiger partial charge on any atom is -0.477 e. The number of allylic oxidation sites excluding steroid dienone is 1. The number of rotatable bonds is 4. The molecule has 0 unspecified atom stereocenters. The third-order valence-electron chi connectivity index (χ3n) is 2.01. The van der Waals surface area contributed by atoms with Crippen molar-refractivity contribution in [3.63, 3.8) is 0 Å². The van der Waals surface area contributed by atoms with E-state index < -0.39 is 17.5 Å². The molecule has 0 aromatic heterocycles. The standard InChI is InChI=1S/C11H12FN3O2/c12-8-4-2-1-3-7(8)5-6-9(15-14)10(13)11(16)17/h1-6,15H,13-14H2,(H,16,17)/b6-5+,10-9-. The Balaban J connectivity index is 3.01. The van der Waals surface area contributed by atoms with Crippen LogP contribution in [0.2, 0.25) is 0 Å². The molecule has 0 aliphatic rings. The summed E-state index contributed by atoms with van der Waals surface area (Å²) in [6.45, 7) is 0. The number of carbonyl (C=O) groups is 1. The van der Waals surface area contributed by atoms with Crippen molar-refractivity contribution < 1.29 is 14.3 Å². The van der Waals surface area contributed by atoms with Gasteiger partial charge in [0.25, 0.3) is 0 Å². The van der Waals surface area contributed by atoms with Crippen LogP contribution in [0.1, 0.15) is 5.56 Å². The monoisotopic (exact) mass is 237 g/mol. The summed E-state index contributed by atoms with van der Waals surface area (Å²) in [5.41, 5.74) is 7.26. The summed E-state index contributed by atoms with van der Waals surface area (Å²) in [5.74, 6) is 3.39. The van der Waals surface area contributed by atoms with Gasteiger partial charge in [-0.05, 0) is 18.2 Å². The summed E-state index contributed by atoms with van der Waals surface area (Å²) in [6, 6.07) is 6.04. The zero-order valence-electron chi connectivity index (χ0n) is 8.85. The highest BCUT2D eigenvalue weighted by atomic mass is 19.1. The van der Waals surface area contributed by atoms with Crippen molar-refractivity contribution in [1.82, 2.24) is 5.43 Å². The molecule has 0 atom stereocenters. The first-order chi connectivity index (χ1) is 8.06. The van der Waals surface area contributed by atoms with Gasteiger partial charge in [-0.1, -0.05) is 18.2 Å². The lowest BCUT2D eigenvalue weighted by Gasteiger charge is -2.03. The van der Waals surface area contributed by atoms with Gasteiger partial charge in [-0.15, -0.1) is 0 Å². The van der Waals surface area contributed by atoms with Crippen molar-refractivity contribution in [3.05, 3.63) is 53.1 Å². The van der Waals surface area contributed by atoms with Gasteiger partial charge in [0.05, 0.1) is 5.70 Å². The summed E-state index contributed by atoms with van der Waals surface area (Å²) >= 11 is 0. The third-order valence-corrected chi connectivity index (χ3v) is 2.01. The number of hydrogen-bond acceptors (Lipinski definition) is 4. The van der Waals surface area contributed by atoms with Crippen molar-refractivity contribution in [3.8, 4) is 0 Å². The van der Waals surface area contributed by atoms with Crippen LogP contribution in [0, 0.1) is 5.82 Å². The lowest BCUT2D eigenvalue weighted by molar-refractivity contribution is -0.132. The Morgan fingerprint density at radius 3 is 2.59 bits per heavy atom. The normalized spacial score (nSPS) is 12.4. The van der Waals surface area contributed by atoms with Crippen molar-refractivity contribution in [2.24, 2.45) is 11.6 Å². The van der Waals surface area contributed by atoms with E-state index in [0.29, 0.717) is 5.56 Å². The highest BCUT2D eigenvalue weighted by Gasteiger charge is 2.06. The average Bonchev–Trinajstić information content (AvgIpc) is 2.31. The number of benzene rings is 1. The zero-order chi connectivity index (χ0) is 12.8. The minimum absolute atomic E-state index is 0.000697. The lowest BCUT2D eigenvalue weighted by atomic mass is 10.2. The largest absolute Gasteiger partial charge is 0.477 e. The van der Waals surface area contributed by atoms with Crippen LogP contribution in [0.5, 0.6) is 0 Å². The number of nitrogens with one attached hydrogen (secondary N) is 1. The molecule has 0 fully saturated rings. The van der Waals surface area contributed by atoms with Crippen LogP contribution in [0.25, 0.3) is 6.08 Å². The van der Waals surface area contributed by atoms with Crippen molar-refractivity contribution >= 4 is 12.0 Å². The first-order valence-electron chi connectivity index (χ1n) is 4.68. The zero-order valence-corrected chi connectivity index (χ0v) is 8.85. The number of hydrazine groups is 1. The summed E-state index contributed by atoms with van der Waals surface area (Å²) in [6.07, 6.45) is 2.67. The van der Waals surface area contributed by atoms with Crippen molar-refractivity contribution in [2.45, 2.75) is 0 Å². The van der Waals surface area contributed by atoms with Crippen LogP contribution in [-0.4, -0.2) is 11.1 Å². The fourth-order valence-corrected chi connectivity index (χ4v) is 1.11. The van der Waals surface area contributed by atoms with E-state index in [4.69, 9.17) is 16.7 Å². The first-order valence-corrected chi connectivity index (χ1v) is 4.68. The Kier molecular flexibility index (Phi) is 4.24. The van der Waals surface area contributed by atoms with E-state index in [0.717, 1.165) is 0 Å². The second-order valence-corrected chi connectivity index (χ2v) is 3.13. The van der Waals surface area contributed by atoms with E-state index in [1.54, 1.807) is 12.1 Å². The SMILES string of the molecule is NNC(/C=C/c1ccccc1F)=C(\N)C(=O)O. The van der Waals surface area contributed by atoms with Gasteiger partial charge in [-0.3, -0.25) is 5.84 Å². The maximum atomic E-state index is 13.2. The molecular formula is C11H12FN3O2. The number of halogens is 1. The van der Waals surface area contributed by atoms with Gasteiger partial charge >= 0.3 is 5.97 Å². The molecule has 1 aromatic rings. The number of aliphatic carboxylic acids is 1. The molecule has 0 amide bonds. The van der Waals surface area contributed by atoms with E-state index in [2.05, 4.69) is 5.43 Å². The first kappa shape index (κ1) is 12.7. The second kappa shape index (κ2) is 5.66. The number of carboxylic acid groups (broad SMARTS) is 1. The molecule has 1 rings (SSSR count). The predicted molar refractivity (Wildman–Crippen MR) is 61.6 cm³/mol. The van der Waals surface area contributed by atoms with Gasteiger partial charge in [0.15, 0.2) is 0 Å². The molecular weight excluding hydrogens is 225 g/mol. The van der Waals surface area contributed by atoms with E-state index in [-0.39, 0.29) is 5.70 Å². The maximum absolute atomic E-state index is 13.2. The Labute approximate surface area is 97.2 Å². The molecule has 0 saturated heterocycles. The van der Waals surface area contributed by atoms with E-state index in [9.17, 15) is 9.18 Å². The highest BCUT2D eigenvalue weighted by Crippen LogP contribution is 2.09. The predicted octanol–water partition coefficient (Wildman–Crippen LogP) is 0.557. The van der Waals surface area contributed by atoms with Crippen LogP contribution >= 0.6 is 0 Å². The molecule has 0 heterocycles. The molecule has 0 spiro atoms. The van der Waals surface area contributed by atoms with E-state index in [1.165, 1.54) is 24.3 Å². The van der Waals surface area contributed by atoms with Crippen molar-refractivity contribution in [1.29, 1.82) is 0 Å². The van der Waals surface area contributed by atoms with Crippen LogP contribution in [0.3, 0.4) is 0 Å². The summed E-state index contributed by atoms with van der Waals surface area (Å²) in [4.78, 5) is 10.6.